The molecule has 2 rings (SSSR count). The number of ether oxygens (including phenoxy) is 1. The average molecular weight is 259 g/mol. The number of nitrogens with one attached hydrogen (secondary N) is 1. The third-order valence-corrected chi connectivity index (χ3v) is 3.23. The molecule has 0 spiro atoms. The minimum absolute atomic E-state index is 0.482. The number of benzene rings is 1. The molecule has 102 valence electrons. The number of rotatable bonds is 5. The second kappa shape index (κ2) is 5.89. The van der Waals surface area contributed by atoms with Gasteiger partial charge in [0.25, 0.3) is 0 Å². The van der Waals surface area contributed by atoms with Crippen LogP contribution in [0.4, 0.5) is 0 Å². The molecule has 0 unspecified atom stereocenters. The minimum Gasteiger partial charge on any atom is -0.496 e. The van der Waals surface area contributed by atoms with Gasteiger partial charge in [-0.2, -0.15) is 0 Å². The van der Waals surface area contributed by atoms with Gasteiger partial charge in [-0.3, -0.25) is 0 Å². The van der Waals surface area contributed by atoms with Crippen LogP contribution in [-0.4, -0.2) is 17.1 Å². The van der Waals surface area contributed by atoms with Gasteiger partial charge in [-0.05, 0) is 17.5 Å². The Labute approximate surface area is 114 Å². The second-order valence-corrected chi connectivity index (χ2v) is 4.96. The summed E-state index contributed by atoms with van der Waals surface area (Å²) < 4.78 is 5.42. The number of hydrogen-bond acceptors (Lipinski definition) is 3. The maximum Gasteiger partial charge on any atom is 0.122 e. The Hall–Kier alpha value is -1.81. The predicted octanol–water partition coefficient (Wildman–Crippen LogP) is 2.59. The zero-order valence-electron chi connectivity index (χ0n) is 11.7. The van der Waals surface area contributed by atoms with Gasteiger partial charge in [0.1, 0.15) is 11.6 Å². The number of imidazole rings is 1. The maximum atomic E-state index is 5.58. The quantitative estimate of drug-likeness (QED) is 0.867. The lowest BCUT2D eigenvalue weighted by atomic mass is 9.99. The largest absolute Gasteiger partial charge is 0.496 e. The molecule has 1 heterocycles. The Morgan fingerprint density at radius 3 is 2.74 bits per heavy atom. The molecule has 19 heavy (non-hydrogen) atoms. The lowest BCUT2D eigenvalue weighted by Gasteiger charge is -2.12. The van der Waals surface area contributed by atoms with Crippen molar-refractivity contribution >= 4 is 0 Å². The van der Waals surface area contributed by atoms with Crippen LogP contribution in [0.15, 0.2) is 24.4 Å². The summed E-state index contributed by atoms with van der Waals surface area (Å²) >= 11 is 0. The van der Waals surface area contributed by atoms with Crippen LogP contribution in [-0.2, 0) is 13.0 Å². The zero-order valence-corrected chi connectivity index (χ0v) is 11.7. The van der Waals surface area contributed by atoms with Crippen molar-refractivity contribution in [3.63, 3.8) is 0 Å². The van der Waals surface area contributed by atoms with Gasteiger partial charge in [-0.25, -0.2) is 4.98 Å². The Balaban J connectivity index is 2.28. The summed E-state index contributed by atoms with van der Waals surface area (Å²) in [6.45, 7) is 4.85. The van der Waals surface area contributed by atoms with Crippen LogP contribution in [0.25, 0.3) is 0 Å². The second-order valence-electron chi connectivity index (χ2n) is 4.96. The Kier molecular flexibility index (Phi) is 4.22. The van der Waals surface area contributed by atoms with Crippen molar-refractivity contribution in [2.24, 2.45) is 5.73 Å². The summed E-state index contributed by atoms with van der Waals surface area (Å²) in [4.78, 5) is 7.56. The lowest BCUT2D eigenvalue weighted by molar-refractivity contribution is 0.410. The van der Waals surface area contributed by atoms with Gasteiger partial charge in [0.2, 0.25) is 0 Å². The molecule has 0 saturated carbocycles. The lowest BCUT2D eigenvalue weighted by Crippen LogP contribution is -1.99. The van der Waals surface area contributed by atoms with Crippen LogP contribution in [0.1, 0.15) is 42.4 Å². The number of methoxy groups -OCH3 is 1. The molecule has 0 aliphatic heterocycles. The van der Waals surface area contributed by atoms with E-state index >= 15 is 0 Å². The SMILES string of the molecule is COc1ccc(C(C)C)cc1Cc1ncc(CN)[nH]1. The standard InChI is InChI=1S/C15H21N3O/c1-10(2)11-4-5-14(19-3)12(6-11)7-15-17-9-13(8-16)18-15/h4-6,9-10H,7-8,16H2,1-3H3,(H,17,18). The van der Waals surface area contributed by atoms with Crippen molar-refractivity contribution in [3.8, 4) is 5.75 Å². The molecule has 0 radical (unpaired) electrons. The van der Waals surface area contributed by atoms with Crippen molar-refractivity contribution in [2.75, 3.05) is 7.11 Å². The van der Waals surface area contributed by atoms with E-state index in [1.54, 1.807) is 13.3 Å². The van der Waals surface area contributed by atoms with Gasteiger partial charge in [0, 0.05) is 30.4 Å². The number of nitrogens with two attached hydrogens (primary N) is 1. The first-order valence-corrected chi connectivity index (χ1v) is 6.53. The van der Waals surface area contributed by atoms with Crippen molar-refractivity contribution in [1.82, 2.24) is 9.97 Å². The molecule has 3 N–H and O–H groups in total. The molecule has 0 bridgehead atoms. The summed E-state index contributed by atoms with van der Waals surface area (Å²) in [7, 11) is 1.70. The fraction of sp³-hybridized carbons (Fsp3) is 0.400. The smallest absolute Gasteiger partial charge is 0.122 e. The minimum atomic E-state index is 0.482. The molecule has 0 aliphatic rings. The number of nitrogens with zero attached hydrogens (tertiary/aromatic N) is 1. The molecule has 2 aromatic rings. The fourth-order valence-corrected chi connectivity index (χ4v) is 2.08. The normalized spacial score (nSPS) is 11.0. The van der Waals surface area contributed by atoms with Gasteiger partial charge in [0.05, 0.1) is 7.11 Å². The Bertz CT molecular complexity index is 546. The van der Waals surface area contributed by atoms with Crippen LogP contribution >= 0.6 is 0 Å². The van der Waals surface area contributed by atoms with Crippen molar-refractivity contribution in [3.05, 3.63) is 47.0 Å². The number of aromatic nitrogens is 2. The maximum absolute atomic E-state index is 5.58. The highest BCUT2D eigenvalue weighted by atomic mass is 16.5. The molecule has 4 nitrogen and oxygen atoms in total. The fourth-order valence-electron chi connectivity index (χ4n) is 2.08. The summed E-state index contributed by atoms with van der Waals surface area (Å²) in [6.07, 6.45) is 2.51. The first kappa shape index (κ1) is 13.6. The first-order chi connectivity index (χ1) is 9.13. The number of hydrogen-bond donors (Lipinski definition) is 2. The molecule has 0 saturated heterocycles. The van der Waals surface area contributed by atoms with E-state index in [9.17, 15) is 0 Å². The van der Waals surface area contributed by atoms with Gasteiger partial charge >= 0.3 is 0 Å². The van der Waals surface area contributed by atoms with Crippen LogP contribution < -0.4 is 10.5 Å². The van der Waals surface area contributed by atoms with Crippen LogP contribution in [0.5, 0.6) is 5.75 Å². The molecule has 0 aliphatic carbocycles. The zero-order chi connectivity index (χ0) is 13.8. The van der Waals surface area contributed by atoms with Gasteiger partial charge in [-0.15, -0.1) is 0 Å². The Morgan fingerprint density at radius 2 is 2.16 bits per heavy atom. The van der Waals surface area contributed by atoms with Gasteiger partial charge < -0.3 is 15.5 Å². The summed E-state index contributed by atoms with van der Waals surface area (Å²) in [6, 6.07) is 6.33. The van der Waals surface area contributed by atoms with E-state index in [0.717, 1.165) is 29.3 Å². The van der Waals surface area contributed by atoms with Crippen molar-refractivity contribution in [1.29, 1.82) is 0 Å². The highest BCUT2D eigenvalue weighted by molar-refractivity contribution is 5.40. The highest BCUT2D eigenvalue weighted by Crippen LogP contribution is 2.25. The number of H-pyrrole nitrogens is 1. The molecule has 0 atom stereocenters. The highest BCUT2D eigenvalue weighted by Gasteiger charge is 2.09. The molecule has 0 amide bonds. The third-order valence-electron chi connectivity index (χ3n) is 3.23. The molecule has 1 aromatic heterocycles. The molecule has 4 heteroatoms. The van der Waals surface area contributed by atoms with E-state index in [2.05, 4.69) is 35.9 Å². The van der Waals surface area contributed by atoms with Gasteiger partial charge in [0.15, 0.2) is 0 Å². The van der Waals surface area contributed by atoms with Crippen molar-refractivity contribution in [2.45, 2.75) is 32.7 Å². The van der Waals surface area contributed by atoms with Crippen LogP contribution in [0.2, 0.25) is 0 Å². The summed E-state index contributed by atoms with van der Waals surface area (Å²) in [5, 5.41) is 0. The van der Waals surface area contributed by atoms with E-state index in [0.29, 0.717) is 12.5 Å². The van der Waals surface area contributed by atoms with E-state index < -0.39 is 0 Å². The average Bonchev–Trinajstić information content (AvgIpc) is 2.86. The van der Waals surface area contributed by atoms with Gasteiger partial charge in [-0.1, -0.05) is 26.0 Å². The molecular weight excluding hydrogens is 238 g/mol. The predicted molar refractivity (Wildman–Crippen MR) is 76.4 cm³/mol. The molecule has 1 aromatic carbocycles. The number of aromatic amines is 1. The topological polar surface area (TPSA) is 63.9 Å². The summed E-state index contributed by atoms with van der Waals surface area (Å²) in [5.74, 6) is 2.32. The monoisotopic (exact) mass is 259 g/mol. The van der Waals surface area contributed by atoms with E-state index in [-0.39, 0.29) is 0 Å². The van der Waals surface area contributed by atoms with E-state index in [1.807, 2.05) is 6.07 Å². The van der Waals surface area contributed by atoms with Crippen LogP contribution in [0.3, 0.4) is 0 Å². The van der Waals surface area contributed by atoms with E-state index in [1.165, 1.54) is 5.56 Å². The van der Waals surface area contributed by atoms with E-state index in [4.69, 9.17) is 10.5 Å². The molecular formula is C15H21N3O. The Morgan fingerprint density at radius 1 is 1.37 bits per heavy atom. The summed E-state index contributed by atoms with van der Waals surface area (Å²) in [5.41, 5.74) is 8.99. The van der Waals surface area contributed by atoms with Crippen LogP contribution in [0, 0.1) is 0 Å². The third kappa shape index (κ3) is 3.15. The molecule has 0 fully saturated rings. The van der Waals surface area contributed by atoms with Crippen molar-refractivity contribution < 1.29 is 4.74 Å². The first-order valence-electron chi connectivity index (χ1n) is 6.53.